The van der Waals surface area contributed by atoms with Gasteiger partial charge in [0, 0.05) is 13.1 Å². The molecule has 0 spiro atoms. The summed E-state index contributed by atoms with van der Waals surface area (Å²) in [7, 11) is 2.04. The average molecular weight is 256 g/mol. The number of aromatic carboxylic acids is 1. The lowest BCUT2D eigenvalue weighted by atomic mass is 10.2. The Morgan fingerprint density at radius 2 is 2.35 bits per heavy atom. The molecular formula is C12H14ClNO3. The van der Waals surface area contributed by atoms with Crippen LogP contribution in [0.4, 0.5) is 0 Å². The predicted octanol–water partition coefficient (Wildman–Crippen LogP) is 2.12. The standard InChI is InChI=1S/C12H14ClNO3/c1-14-5-4-9(7-14)17-11-3-2-8(12(15)16)6-10(11)13/h2-3,6,9H,4-5,7H2,1H3,(H,15,16). The van der Waals surface area contributed by atoms with Gasteiger partial charge in [-0.05, 0) is 31.7 Å². The summed E-state index contributed by atoms with van der Waals surface area (Å²) in [6.07, 6.45) is 1.10. The Kier molecular flexibility index (Phi) is 3.54. The molecular weight excluding hydrogens is 242 g/mol. The highest BCUT2D eigenvalue weighted by atomic mass is 35.5. The molecule has 1 aromatic rings. The number of carboxylic acid groups (broad SMARTS) is 1. The molecule has 1 N–H and O–H groups in total. The van der Waals surface area contributed by atoms with Crippen molar-refractivity contribution in [1.29, 1.82) is 0 Å². The molecule has 1 aliphatic rings. The van der Waals surface area contributed by atoms with E-state index in [-0.39, 0.29) is 11.7 Å². The minimum absolute atomic E-state index is 0.133. The van der Waals surface area contributed by atoms with Gasteiger partial charge in [-0.15, -0.1) is 0 Å². The van der Waals surface area contributed by atoms with Crippen molar-refractivity contribution in [3.8, 4) is 5.75 Å². The Morgan fingerprint density at radius 1 is 1.59 bits per heavy atom. The van der Waals surface area contributed by atoms with E-state index in [1.54, 1.807) is 6.07 Å². The molecule has 17 heavy (non-hydrogen) atoms. The van der Waals surface area contributed by atoms with Crippen molar-refractivity contribution in [3.05, 3.63) is 28.8 Å². The van der Waals surface area contributed by atoms with E-state index in [0.29, 0.717) is 10.8 Å². The van der Waals surface area contributed by atoms with Gasteiger partial charge >= 0.3 is 5.97 Å². The Labute approximate surface area is 105 Å². The van der Waals surface area contributed by atoms with Crippen LogP contribution in [0.2, 0.25) is 5.02 Å². The van der Waals surface area contributed by atoms with Gasteiger partial charge in [-0.3, -0.25) is 0 Å². The van der Waals surface area contributed by atoms with Crippen LogP contribution in [0.25, 0.3) is 0 Å². The fourth-order valence-electron chi connectivity index (χ4n) is 1.90. The first-order valence-electron chi connectivity index (χ1n) is 5.44. The number of likely N-dealkylation sites (N-methyl/N-ethyl adjacent to an activating group) is 1. The van der Waals surface area contributed by atoms with Gasteiger partial charge in [-0.1, -0.05) is 11.6 Å². The van der Waals surface area contributed by atoms with Crippen LogP contribution in [-0.4, -0.2) is 42.2 Å². The van der Waals surface area contributed by atoms with Crippen LogP contribution in [0.3, 0.4) is 0 Å². The van der Waals surface area contributed by atoms with E-state index in [9.17, 15) is 4.79 Å². The molecule has 0 amide bonds. The summed E-state index contributed by atoms with van der Waals surface area (Å²) in [6, 6.07) is 4.53. The lowest BCUT2D eigenvalue weighted by Gasteiger charge is -2.15. The van der Waals surface area contributed by atoms with E-state index in [2.05, 4.69) is 4.90 Å². The van der Waals surface area contributed by atoms with Gasteiger partial charge < -0.3 is 14.7 Å². The lowest BCUT2D eigenvalue weighted by molar-refractivity contribution is 0.0697. The number of carboxylic acids is 1. The molecule has 1 saturated heterocycles. The Balaban J connectivity index is 2.09. The number of hydrogen-bond acceptors (Lipinski definition) is 3. The summed E-state index contributed by atoms with van der Waals surface area (Å²) >= 11 is 5.99. The van der Waals surface area contributed by atoms with E-state index in [1.165, 1.54) is 12.1 Å². The van der Waals surface area contributed by atoms with E-state index in [4.69, 9.17) is 21.4 Å². The minimum Gasteiger partial charge on any atom is -0.487 e. The zero-order valence-corrected chi connectivity index (χ0v) is 10.3. The fourth-order valence-corrected chi connectivity index (χ4v) is 2.12. The second-order valence-electron chi connectivity index (χ2n) is 4.24. The van der Waals surface area contributed by atoms with Gasteiger partial charge in [0.15, 0.2) is 0 Å². The van der Waals surface area contributed by atoms with E-state index >= 15 is 0 Å². The maximum atomic E-state index is 10.7. The third-order valence-electron chi connectivity index (χ3n) is 2.82. The molecule has 5 heteroatoms. The second kappa shape index (κ2) is 4.94. The SMILES string of the molecule is CN1CCC(Oc2ccc(C(=O)O)cc2Cl)C1. The number of halogens is 1. The fraction of sp³-hybridized carbons (Fsp3) is 0.417. The molecule has 1 aliphatic heterocycles. The van der Waals surface area contributed by atoms with Crippen molar-refractivity contribution in [2.24, 2.45) is 0 Å². The van der Waals surface area contributed by atoms with Gasteiger partial charge in [0.25, 0.3) is 0 Å². The Bertz CT molecular complexity index is 436. The number of hydrogen-bond donors (Lipinski definition) is 1. The van der Waals surface area contributed by atoms with Gasteiger partial charge in [0.1, 0.15) is 11.9 Å². The van der Waals surface area contributed by atoms with E-state index in [1.807, 2.05) is 7.05 Å². The van der Waals surface area contributed by atoms with Crippen LogP contribution in [0.5, 0.6) is 5.75 Å². The van der Waals surface area contributed by atoms with Crippen LogP contribution in [0.1, 0.15) is 16.8 Å². The summed E-state index contributed by atoms with van der Waals surface area (Å²) in [4.78, 5) is 12.9. The van der Waals surface area contributed by atoms with Crippen molar-refractivity contribution in [2.75, 3.05) is 20.1 Å². The van der Waals surface area contributed by atoms with Crippen LogP contribution in [-0.2, 0) is 0 Å². The van der Waals surface area contributed by atoms with Crippen molar-refractivity contribution in [3.63, 3.8) is 0 Å². The maximum Gasteiger partial charge on any atom is 0.335 e. The van der Waals surface area contributed by atoms with E-state index < -0.39 is 5.97 Å². The highest BCUT2D eigenvalue weighted by Gasteiger charge is 2.21. The molecule has 0 saturated carbocycles. The topological polar surface area (TPSA) is 49.8 Å². The van der Waals surface area contributed by atoms with Gasteiger partial charge in [-0.2, -0.15) is 0 Å². The summed E-state index contributed by atoms with van der Waals surface area (Å²) in [6.45, 7) is 1.88. The summed E-state index contributed by atoms with van der Waals surface area (Å²) in [5.74, 6) is -0.434. The third-order valence-corrected chi connectivity index (χ3v) is 3.12. The molecule has 1 heterocycles. The van der Waals surface area contributed by atoms with Gasteiger partial charge in [0.2, 0.25) is 0 Å². The molecule has 0 aliphatic carbocycles. The second-order valence-corrected chi connectivity index (χ2v) is 4.65. The zero-order valence-electron chi connectivity index (χ0n) is 9.52. The first kappa shape index (κ1) is 12.2. The highest BCUT2D eigenvalue weighted by molar-refractivity contribution is 6.32. The third kappa shape index (κ3) is 2.90. The molecule has 1 fully saturated rings. The largest absolute Gasteiger partial charge is 0.487 e. The van der Waals surface area contributed by atoms with Crippen LogP contribution in [0.15, 0.2) is 18.2 Å². The van der Waals surface area contributed by atoms with Gasteiger partial charge in [0.05, 0.1) is 10.6 Å². The molecule has 1 aromatic carbocycles. The summed E-state index contributed by atoms with van der Waals surface area (Å²) in [5.41, 5.74) is 0.172. The number of likely N-dealkylation sites (tertiary alicyclic amines) is 1. The van der Waals surface area contributed by atoms with Crippen LogP contribution >= 0.6 is 11.6 Å². The Morgan fingerprint density at radius 3 is 2.88 bits per heavy atom. The average Bonchev–Trinajstić information content (AvgIpc) is 2.67. The molecule has 4 nitrogen and oxygen atoms in total. The summed E-state index contributed by atoms with van der Waals surface area (Å²) < 4.78 is 5.74. The molecule has 0 aromatic heterocycles. The normalized spacial score (nSPS) is 20.5. The summed E-state index contributed by atoms with van der Waals surface area (Å²) in [5, 5.41) is 9.16. The van der Waals surface area contributed by atoms with Crippen molar-refractivity contribution in [2.45, 2.75) is 12.5 Å². The minimum atomic E-state index is -0.987. The first-order valence-corrected chi connectivity index (χ1v) is 5.82. The molecule has 2 rings (SSSR count). The molecule has 0 bridgehead atoms. The van der Waals surface area contributed by atoms with Crippen molar-refractivity contribution in [1.82, 2.24) is 4.90 Å². The Hall–Kier alpha value is -1.26. The van der Waals surface area contributed by atoms with E-state index in [0.717, 1.165) is 19.5 Å². The maximum absolute atomic E-state index is 10.7. The number of benzene rings is 1. The van der Waals surface area contributed by atoms with Crippen LogP contribution in [0, 0.1) is 0 Å². The van der Waals surface area contributed by atoms with Crippen LogP contribution < -0.4 is 4.74 Å². The van der Waals surface area contributed by atoms with Crippen molar-refractivity contribution < 1.29 is 14.6 Å². The number of rotatable bonds is 3. The first-order chi connectivity index (χ1) is 8.06. The monoisotopic (exact) mass is 255 g/mol. The van der Waals surface area contributed by atoms with Gasteiger partial charge in [-0.25, -0.2) is 4.79 Å². The quantitative estimate of drug-likeness (QED) is 0.899. The molecule has 1 unspecified atom stereocenters. The molecule has 1 atom stereocenters. The predicted molar refractivity (Wildman–Crippen MR) is 64.9 cm³/mol. The van der Waals surface area contributed by atoms with Crippen molar-refractivity contribution >= 4 is 17.6 Å². The lowest BCUT2D eigenvalue weighted by Crippen LogP contribution is -2.21. The molecule has 0 radical (unpaired) electrons. The highest BCUT2D eigenvalue weighted by Crippen LogP contribution is 2.28. The smallest absolute Gasteiger partial charge is 0.335 e. The number of carbonyl (C=O) groups is 1. The number of ether oxygens (including phenoxy) is 1. The number of nitrogens with zero attached hydrogens (tertiary/aromatic N) is 1. The molecule has 92 valence electrons. The zero-order chi connectivity index (χ0) is 12.4.